The van der Waals surface area contributed by atoms with Crippen molar-refractivity contribution in [2.45, 2.75) is 39.2 Å². The lowest BCUT2D eigenvalue weighted by atomic mass is 9.96. The molecule has 31 heavy (non-hydrogen) atoms. The highest BCUT2D eigenvalue weighted by molar-refractivity contribution is 5.99. The third kappa shape index (κ3) is 3.52. The Kier molecular flexibility index (Phi) is 4.86. The summed E-state index contributed by atoms with van der Waals surface area (Å²) >= 11 is 0. The minimum Gasteiger partial charge on any atom is -0.366 e. The van der Waals surface area contributed by atoms with Crippen LogP contribution in [0.2, 0.25) is 0 Å². The topological polar surface area (TPSA) is 98.2 Å². The summed E-state index contributed by atoms with van der Waals surface area (Å²) in [6, 6.07) is 13.8. The lowest BCUT2D eigenvalue weighted by Crippen LogP contribution is -2.14. The van der Waals surface area contributed by atoms with E-state index in [-0.39, 0.29) is 0 Å². The van der Waals surface area contributed by atoms with E-state index in [2.05, 4.69) is 22.4 Å². The van der Waals surface area contributed by atoms with E-state index in [0.29, 0.717) is 23.6 Å². The van der Waals surface area contributed by atoms with Gasteiger partial charge in [0.1, 0.15) is 17.2 Å². The van der Waals surface area contributed by atoms with Gasteiger partial charge in [0, 0.05) is 24.0 Å². The quantitative estimate of drug-likeness (QED) is 0.521. The van der Waals surface area contributed by atoms with E-state index in [0.717, 1.165) is 48.6 Å². The molecule has 0 unspecified atom stereocenters. The lowest BCUT2D eigenvalue weighted by Gasteiger charge is -2.20. The van der Waals surface area contributed by atoms with Gasteiger partial charge in [0.05, 0.1) is 11.3 Å². The molecule has 0 saturated heterocycles. The number of anilines is 1. The van der Waals surface area contributed by atoms with Gasteiger partial charge >= 0.3 is 0 Å². The monoisotopic (exact) mass is 412 g/mol. The smallest absolute Gasteiger partial charge is 0.252 e. The van der Waals surface area contributed by atoms with Crippen LogP contribution in [0.25, 0.3) is 17.2 Å². The Hall–Kier alpha value is -3.74. The number of amides is 1. The Morgan fingerprint density at radius 2 is 1.87 bits per heavy atom. The second kappa shape index (κ2) is 7.83. The second-order valence-corrected chi connectivity index (χ2v) is 7.89. The highest BCUT2D eigenvalue weighted by atomic mass is 16.1. The number of fused-ring (bicyclic) bond motifs is 2. The maximum absolute atomic E-state index is 11.9. The molecular weight excluding hydrogens is 388 g/mol. The van der Waals surface area contributed by atoms with Crippen LogP contribution in [-0.2, 0) is 19.4 Å². The van der Waals surface area contributed by atoms with Gasteiger partial charge in [-0.2, -0.15) is 0 Å². The van der Waals surface area contributed by atoms with E-state index in [9.17, 15) is 4.79 Å². The third-order valence-electron chi connectivity index (χ3n) is 5.79. The molecule has 7 heteroatoms. The Bertz CT molecular complexity index is 1280. The van der Waals surface area contributed by atoms with Crippen molar-refractivity contribution in [3.8, 4) is 11.5 Å². The molecule has 1 aliphatic carbocycles. The Morgan fingerprint density at radius 1 is 1.06 bits per heavy atom. The molecule has 3 aromatic heterocycles. The molecule has 0 fully saturated rings. The van der Waals surface area contributed by atoms with Crippen molar-refractivity contribution in [3.63, 3.8) is 0 Å². The Morgan fingerprint density at radius 3 is 2.68 bits per heavy atom. The first-order valence-corrected chi connectivity index (χ1v) is 10.6. The fourth-order valence-corrected chi connectivity index (χ4v) is 4.27. The maximum atomic E-state index is 11.9. The highest BCUT2D eigenvalue weighted by Gasteiger charge is 2.22. The van der Waals surface area contributed by atoms with Crippen LogP contribution >= 0.6 is 0 Å². The molecule has 1 aliphatic rings. The average Bonchev–Trinajstić information content (AvgIpc) is 3.13. The molecule has 0 aliphatic heterocycles. The van der Waals surface area contributed by atoms with Gasteiger partial charge in [0.2, 0.25) is 0 Å². The summed E-state index contributed by atoms with van der Waals surface area (Å²) in [7, 11) is 0. The molecule has 156 valence electrons. The van der Waals surface area contributed by atoms with Gasteiger partial charge < -0.3 is 11.1 Å². The Balaban J connectivity index is 1.62. The lowest BCUT2D eigenvalue weighted by molar-refractivity contribution is 0.100. The minimum absolute atomic E-state index is 0.386. The van der Waals surface area contributed by atoms with E-state index in [1.807, 2.05) is 35.7 Å². The van der Waals surface area contributed by atoms with E-state index in [1.54, 1.807) is 12.1 Å². The molecule has 5 rings (SSSR count). The summed E-state index contributed by atoms with van der Waals surface area (Å²) in [5.41, 5.74) is 11.5. The molecule has 7 nitrogen and oxygen atoms in total. The van der Waals surface area contributed by atoms with E-state index in [1.165, 1.54) is 11.1 Å². The number of nitrogens with two attached hydrogens (primary N) is 1. The molecule has 1 amide bonds. The first-order chi connectivity index (χ1) is 15.1. The summed E-state index contributed by atoms with van der Waals surface area (Å²) in [4.78, 5) is 26.3. The normalized spacial score (nSPS) is 13.2. The fraction of sp³-hybridized carbons (Fsp3) is 0.250. The standard InChI is InChI=1S/C24H24N6O/c1-15-20(30-13-7-11-18(21(25)31)24(30)27-15)23-28-19-12-6-5-10-17(19)22(29-23)26-14-16-8-3-2-4-9-16/h2-4,7-9,11,13H,5-6,10,12,14H2,1H3,(H2,25,31)(H,26,28,29). The highest BCUT2D eigenvalue weighted by Crippen LogP contribution is 2.31. The van der Waals surface area contributed by atoms with Crippen molar-refractivity contribution in [1.29, 1.82) is 0 Å². The first-order valence-electron chi connectivity index (χ1n) is 10.6. The maximum Gasteiger partial charge on any atom is 0.252 e. The molecule has 0 bridgehead atoms. The van der Waals surface area contributed by atoms with Gasteiger partial charge in [-0.15, -0.1) is 0 Å². The second-order valence-electron chi connectivity index (χ2n) is 7.89. The SMILES string of the molecule is Cc1nc2c(C(N)=O)cccn2c1-c1nc2c(c(NCc3ccccc3)n1)CCCC2. The summed E-state index contributed by atoms with van der Waals surface area (Å²) in [5.74, 6) is 0.991. The number of primary amides is 1. The first kappa shape index (κ1) is 19.2. The van der Waals surface area contributed by atoms with Crippen LogP contribution in [-0.4, -0.2) is 25.3 Å². The van der Waals surface area contributed by atoms with E-state index >= 15 is 0 Å². The van der Waals surface area contributed by atoms with Gasteiger partial charge in [-0.1, -0.05) is 30.3 Å². The van der Waals surface area contributed by atoms with Gasteiger partial charge in [-0.3, -0.25) is 9.20 Å². The molecule has 0 atom stereocenters. The Labute approximate surface area is 180 Å². The largest absolute Gasteiger partial charge is 0.366 e. The number of carbonyl (C=O) groups excluding carboxylic acids is 1. The number of hydrogen-bond donors (Lipinski definition) is 2. The van der Waals surface area contributed by atoms with Crippen molar-refractivity contribution in [2.75, 3.05) is 5.32 Å². The number of rotatable bonds is 5. The zero-order chi connectivity index (χ0) is 21.4. The van der Waals surface area contributed by atoms with Crippen molar-refractivity contribution >= 4 is 17.4 Å². The molecule has 0 spiro atoms. The number of benzene rings is 1. The van der Waals surface area contributed by atoms with Crippen LogP contribution < -0.4 is 11.1 Å². The van der Waals surface area contributed by atoms with E-state index < -0.39 is 5.91 Å². The van der Waals surface area contributed by atoms with Crippen LogP contribution in [0.15, 0.2) is 48.7 Å². The van der Waals surface area contributed by atoms with Crippen molar-refractivity contribution in [1.82, 2.24) is 19.4 Å². The number of nitrogens with one attached hydrogen (secondary N) is 1. The van der Waals surface area contributed by atoms with Crippen molar-refractivity contribution in [3.05, 3.63) is 76.7 Å². The number of aromatic nitrogens is 4. The number of hydrogen-bond acceptors (Lipinski definition) is 5. The van der Waals surface area contributed by atoms with Crippen molar-refractivity contribution in [2.24, 2.45) is 5.73 Å². The fourth-order valence-electron chi connectivity index (χ4n) is 4.27. The summed E-state index contributed by atoms with van der Waals surface area (Å²) < 4.78 is 1.86. The van der Waals surface area contributed by atoms with Crippen LogP contribution in [0.5, 0.6) is 0 Å². The number of pyridine rings is 1. The van der Waals surface area contributed by atoms with Crippen LogP contribution in [0, 0.1) is 6.92 Å². The summed E-state index contributed by atoms with van der Waals surface area (Å²) in [6.07, 6.45) is 6.06. The average molecular weight is 412 g/mol. The number of imidazole rings is 1. The number of aryl methyl sites for hydroxylation is 2. The molecule has 4 aromatic rings. The molecule has 3 heterocycles. The summed E-state index contributed by atoms with van der Waals surface area (Å²) in [5, 5.41) is 3.53. The molecule has 0 radical (unpaired) electrons. The van der Waals surface area contributed by atoms with Gasteiger partial charge in [0.15, 0.2) is 5.82 Å². The van der Waals surface area contributed by atoms with Gasteiger partial charge in [-0.05, 0) is 50.3 Å². The molecule has 1 aromatic carbocycles. The molecule has 3 N–H and O–H groups in total. The van der Waals surface area contributed by atoms with Gasteiger partial charge in [-0.25, -0.2) is 15.0 Å². The van der Waals surface area contributed by atoms with Crippen LogP contribution in [0.1, 0.15) is 45.7 Å². The number of carbonyl (C=O) groups is 1. The third-order valence-corrected chi connectivity index (χ3v) is 5.79. The summed E-state index contributed by atoms with van der Waals surface area (Å²) in [6.45, 7) is 2.61. The van der Waals surface area contributed by atoms with Gasteiger partial charge in [0.25, 0.3) is 5.91 Å². The predicted molar refractivity (Wildman–Crippen MR) is 120 cm³/mol. The molecule has 0 saturated carbocycles. The molecular formula is C24H24N6O. The van der Waals surface area contributed by atoms with Crippen LogP contribution in [0.4, 0.5) is 5.82 Å². The zero-order valence-electron chi connectivity index (χ0n) is 17.4. The minimum atomic E-state index is -0.501. The van der Waals surface area contributed by atoms with E-state index in [4.69, 9.17) is 15.7 Å². The van der Waals surface area contributed by atoms with Crippen molar-refractivity contribution < 1.29 is 4.79 Å². The predicted octanol–water partition coefficient (Wildman–Crippen LogP) is 3.69. The number of nitrogens with zero attached hydrogens (tertiary/aromatic N) is 4. The zero-order valence-corrected chi connectivity index (χ0v) is 17.4. The van der Waals surface area contributed by atoms with Crippen LogP contribution in [0.3, 0.4) is 0 Å².